The van der Waals surface area contributed by atoms with E-state index >= 15 is 0 Å². The minimum absolute atomic E-state index is 0.0405. The second-order valence-corrected chi connectivity index (χ2v) is 7.67. The van der Waals surface area contributed by atoms with Crippen molar-refractivity contribution in [3.63, 3.8) is 0 Å². The highest BCUT2D eigenvalue weighted by Crippen LogP contribution is 2.18. The van der Waals surface area contributed by atoms with Gasteiger partial charge in [-0.1, -0.05) is 12.1 Å². The number of ether oxygens (including phenoxy) is 2. The number of hydrogen-bond donors (Lipinski definition) is 1. The Morgan fingerprint density at radius 1 is 1.06 bits per heavy atom. The SMILES string of the molecule is CC(C)(C)OC(=O)Cn1cccc(C(=O)NCc2ccc(OCC(F)(F)F)cc2)c1=O. The third kappa shape index (κ3) is 8.15. The van der Waals surface area contributed by atoms with Gasteiger partial charge in [0.2, 0.25) is 0 Å². The second kappa shape index (κ2) is 9.67. The van der Waals surface area contributed by atoms with E-state index in [0.717, 1.165) is 4.57 Å². The summed E-state index contributed by atoms with van der Waals surface area (Å²) >= 11 is 0. The van der Waals surface area contributed by atoms with Crippen molar-refractivity contribution in [1.82, 2.24) is 9.88 Å². The Labute approximate surface area is 176 Å². The van der Waals surface area contributed by atoms with Gasteiger partial charge < -0.3 is 19.4 Å². The van der Waals surface area contributed by atoms with Gasteiger partial charge in [0.05, 0.1) is 0 Å². The second-order valence-electron chi connectivity index (χ2n) is 7.67. The highest BCUT2D eigenvalue weighted by atomic mass is 19.4. The Balaban J connectivity index is 1.98. The molecule has 1 heterocycles. The molecule has 0 aliphatic carbocycles. The number of carbonyl (C=O) groups excluding carboxylic acids is 2. The fourth-order valence-electron chi connectivity index (χ4n) is 2.49. The van der Waals surface area contributed by atoms with Crippen LogP contribution in [0.3, 0.4) is 0 Å². The summed E-state index contributed by atoms with van der Waals surface area (Å²) in [5, 5.41) is 2.56. The molecule has 0 spiro atoms. The molecule has 168 valence electrons. The Morgan fingerprint density at radius 3 is 2.29 bits per heavy atom. The third-order valence-electron chi connectivity index (χ3n) is 3.76. The number of aromatic nitrogens is 1. The maximum Gasteiger partial charge on any atom is 0.422 e. The fourth-order valence-corrected chi connectivity index (χ4v) is 2.49. The molecule has 1 aromatic heterocycles. The smallest absolute Gasteiger partial charge is 0.422 e. The molecule has 0 saturated carbocycles. The number of nitrogens with one attached hydrogen (secondary N) is 1. The molecule has 0 saturated heterocycles. The van der Waals surface area contributed by atoms with Crippen molar-refractivity contribution in [3.05, 3.63) is 64.1 Å². The summed E-state index contributed by atoms with van der Waals surface area (Å²) in [7, 11) is 0. The van der Waals surface area contributed by atoms with E-state index < -0.39 is 35.8 Å². The van der Waals surface area contributed by atoms with Gasteiger partial charge in [0.1, 0.15) is 23.5 Å². The van der Waals surface area contributed by atoms with Gasteiger partial charge in [-0.2, -0.15) is 13.2 Å². The number of rotatable bonds is 7. The largest absolute Gasteiger partial charge is 0.484 e. The van der Waals surface area contributed by atoms with Crippen LogP contribution < -0.4 is 15.6 Å². The molecule has 0 unspecified atom stereocenters. The van der Waals surface area contributed by atoms with Crippen LogP contribution in [0.25, 0.3) is 0 Å². The number of hydrogen-bond acceptors (Lipinski definition) is 5. The van der Waals surface area contributed by atoms with Crippen molar-refractivity contribution in [2.75, 3.05) is 6.61 Å². The van der Waals surface area contributed by atoms with E-state index in [4.69, 9.17) is 4.74 Å². The maximum atomic E-state index is 12.5. The van der Waals surface area contributed by atoms with Gasteiger partial charge in [-0.3, -0.25) is 14.4 Å². The van der Waals surface area contributed by atoms with Gasteiger partial charge in [-0.15, -0.1) is 0 Å². The summed E-state index contributed by atoms with van der Waals surface area (Å²) in [4.78, 5) is 36.8. The molecule has 0 fully saturated rings. The lowest BCUT2D eigenvalue weighted by Crippen LogP contribution is -2.35. The molecular formula is C21H23F3N2O5. The molecule has 2 aromatic rings. The molecule has 0 aliphatic rings. The number of carbonyl (C=O) groups is 2. The predicted molar refractivity (Wildman–Crippen MR) is 106 cm³/mol. The first-order chi connectivity index (χ1) is 14.3. The lowest BCUT2D eigenvalue weighted by atomic mass is 10.2. The Morgan fingerprint density at radius 2 is 1.71 bits per heavy atom. The first kappa shape index (κ1) is 24.0. The van der Waals surface area contributed by atoms with Gasteiger partial charge in [0, 0.05) is 12.7 Å². The van der Waals surface area contributed by atoms with Gasteiger partial charge in [-0.25, -0.2) is 0 Å². The van der Waals surface area contributed by atoms with Crippen molar-refractivity contribution in [2.45, 2.75) is 45.6 Å². The lowest BCUT2D eigenvalue weighted by Gasteiger charge is -2.19. The summed E-state index contributed by atoms with van der Waals surface area (Å²) < 4.78 is 47.4. The quantitative estimate of drug-likeness (QED) is 0.669. The number of benzene rings is 1. The Hall–Kier alpha value is -3.30. The minimum Gasteiger partial charge on any atom is -0.484 e. The number of halogens is 3. The molecule has 0 radical (unpaired) electrons. The topological polar surface area (TPSA) is 86.6 Å². The van der Waals surface area contributed by atoms with E-state index in [1.165, 1.54) is 42.6 Å². The van der Waals surface area contributed by atoms with Crippen LogP contribution in [0, 0.1) is 0 Å². The van der Waals surface area contributed by atoms with Crippen molar-refractivity contribution in [3.8, 4) is 5.75 Å². The van der Waals surface area contributed by atoms with Gasteiger partial charge in [0.25, 0.3) is 11.5 Å². The molecule has 7 nitrogen and oxygen atoms in total. The van der Waals surface area contributed by atoms with Gasteiger partial charge >= 0.3 is 12.1 Å². The Bertz CT molecular complexity index is 976. The molecule has 0 atom stereocenters. The van der Waals surface area contributed by atoms with Crippen molar-refractivity contribution >= 4 is 11.9 Å². The third-order valence-corrected chi connectivity index (χ3v) is 3.76. The van der Waals surface area contributed by atoms with E-state index in [0.29, 0.717) is 5.56 Å². The molecule has 1 amide bonds. The molecule has 10 heteroatoms. The normalized spacial score (nSPS) is 11.7. The average Bonchev–Trinajstić information content (AvgIpc) is 2.65. The van der Waals surface area contributed by atoms with Crippen LogP contribution >= 0.6 is 0 Å². The van der Waals surface area contributed by atoms with Crippen LogP contribution in [0.5, 0.6) is 5.75 Å². The number of alkyl halides is 3. The maximum absolute atomic E-state index is 12.5. The van der Waals surface area contributed by atoms with E-state index in [-0.39, 0.29) is 24.4 Å². The van der Waals surface area contributed by atoms with Crippen molar-refractivity contribution in [2.24, 2.45) is 0 Å². The summed E-state index contributed by atoms with van der Waals surface area (Å²) in [5.74, 6) is -1.22. The average molecular weight is 440 g/mol. The van der Waals surface area contributed by atoms with Crippen LogP contribution in [0.4, 0.5) is 13.2 Å². The zero-order chi connectivity index (χ0) is 23.2. The number of esters is 1. The summed E-state index contributed by atoms with van der Waals surface area (Å²) in [6.45, 7) is 3.41. The zero-order valence-corrected chi connectivity index (χ0v) is 17.3. The fraction of sp³-hybridized carbons (Fsp3) is 0.381. The van der Waals surface area contributed by atoms with E-state index in [9.17, 15) is 27.6 Å². The molecular weight excluding hydrogens is 417 g/mol. The summed E-state index contributed by atoms with van der Waals surface area (Å²) in [5.41, 5.74) is -0.918. The Kier molecular flexibility index (Phi) is 7.48. The molecule has 1 N–H and O–H groups in total. The van der Waals surface area contributed by atoms with Crippen LogP contribution in [0.15, 0.2) is 47.4 Å². The van der Waals surface area contributed by atoms with Crippen LogP contribution in [0.1, 0.15) is 36.7 Å². The van der Waals surface area contributed by atoms with Gasteiger partial charge in [0.15, 0.2) is 6.61 Å². The molecule has 31 heavy (non-hydrogen) atoms. The summed E-state index contributed by atoms with van der Waals surface area (Å²) in [6.07, 6.45) is -3.05. The highest BCUT2D eigenvalue weighted by Gasteiger charge is 2.28. The van der Waals surface area contributed by atoms with E-state index in [1.807, 2.05) is 0 Å². The number of pyridine rings is 1. The number of nitrogens with zero attached hydrogens (tertiary/aromatic N) is 1. The van der Waals surface area contributed by atoms with Crippen LogP contribution in [-0.4, -0.2) is 34.8 Å². The number of amides is 1. The first-order valence-corrected chi connectivity index (χ1v) is 9.32. The van der Waals surface area contributed by atoms with Crippen LogP contribution in [0.2, 0.25) is 0 Å². The van der Waals surface area contributed by atoms with E-state index in [2.05, 4.69) is 10.1 Å². The lowest BCUT2D eigenvalue weighted by molar-refractivity contribution is -0.155. The standard InChI is InChI=1S/C21H23F3N2O5/c1-20(2,3)31-17(27)12-26-10-4-5-16(19(26)29)18(28)25-11-14-6-8-15(9-7-14)30-13-21(22,23)24/h4-10H,11-13H2,1-3H3,(H,25,28). The first-order valence-electron chi connectivity index (χ1n) is 9.32. The van der Waals surface area contributed by atoms with E-state index in [1.54, 1.807) is 20.8 Å². The molecule has 0 bridgehead atoms. The molecule has 1 aromatic carbocycles. The highest BCUT2D eigenvalue weighted by molar-refractivity contribution is 5.93. The minimum atomic E-state index is -4.43. The van der Waals surface area contributed by atoms with Crippen molar-refractivity contribution in [1.29, 1.82) is 0 Å². The van der Waals surface area contributed by atoms with Gasteiger partial charge in [-0.05, 0) is 50.6 Å². The zero-order valence-electron chi connectivity index (χ0n) is 17.3. The molecule has 0 aliphatic heterocycles. The predicted octanol–water partition coefficient (Wildman–Crippen LogP) is 3.06. The monoisotopic (exact) mass is 440 g/mol. The molecule has 2 rings (SSSR count). The summed E-state index contributed by atoms with van der Waals surface area (Å²) in [6, 6.07) is 8.49. The van der Waals surface area contributed by atoms with Crippen LogP contribution in [-0.2, 0) is 22.6 Å². The van der Waals surface area contributed by atoms with Crippen molar-refractivity contribution < 1.29 is 32.2 Å².